The fourth-order valence-corrected chi connectivity index (χ4v) is 5.57. The average molecular weight is 443 g/mol. The maximum atomic E-state index is 12.8. The van der Waals surface area contributed by atoms with Crippen molar-refractivity contribution in [2.24, 2.45) is 0 Å². The molecule has 0 aliphatic carbocycles. The molecule has 0 unspecified atom stereocenters. The lowest BCUT2D eigenvalue weighted by molar-refractivity contribution is 0.601. The van der Waals surface area contributed by atoms with Crippen LogP contribution in [-0.4, -0.2) is 19.2 Å². The third-order valence-corrected chi connectivity index (χ3v) is 7.50. The van der Waals surface area contributed by atoms with E-state index in [1.165, 1.54) is 6.07 Å². The highest BCUT2D eigenvalue weighted by Gasteiger charge is 2.17. The van der Waals surface area contributed by atoms with Crippen LogP contribution in [0.3, 0.4) is 0 Å². The van der Waals surface area contributed by atoms with Gasteiger partial charge in [0.1, 0.15) is 0 Å². The summed E-state index contributed by atoms with van der Waals surface area (Å²) >= 11 is 2.59. The molecule has 0 spiro atoms. The van der Waals surface area contributed by atoms with E-state index in [-0.39, 0.29) is 9.77 Å². The van der Waals surface area contributed by atoms with E-state index < -0.39 is 10.0 Å². The van der Waals surface area contributed by atoms with Gasteiger partial charge in [0, 0.05) is 10.6 Å². The molecule has 0 fully saturated rings. The monoisotopic (exact) mass is 442 g/mol. The Morgan fingerprint density at radius 3 is 2.55 bits per heavy atom. The van der Waals surface area contributed by atoms with Crippen LogP contribution in [0.2, 0.25) is 0 Å². The van der Waals surface area contributed by atoms with E-state index >= 15 is 0 Å². The third kappa shape index (κ3) is 4.24. The van der Waals surface area contributed by atoms with Crippen LogP contribution in [0.4, 0.5) is 5.69 Å². The molecular weight excluding hydrogens is 424 g/mol. The molecule has 0 amide bonds. The van der Waals surface area contributed by atoms with Gasteiger partial charge in [-0.15, -0.1) is 11.8 Å². The summed E-state index contributed by atoms with van der Waals surface area (Å²) < 4.78 is 30.6. The van der Waals surface area contributed by atoms with Crippen LogP contribution < -0.4 is 9.60 Å². The Bertz CT molecular complexity index is 1330. The molecule has 1 heterocycles. The van der Waals surface area contributed by atoms with Crippen molar-refractivity contribution in [1.82, 2.24) is 4.57 Å². The Balaban J connectivity index is 1.67. The van der Waals surface area contributed by atoms with E-state index in [0.29, 0.717) is 16.9 Å². The number of anilines is 1. The number of hydrogen-bond donors (Lipinski definition) is 1. The highest BCUT2D eigenvalue weighted by molar-refractivity contribution is 7.98. The maximum Gasteiger partial charge on any atom is 0.308 e. The first-order valence-electron chi connectivity index (χ1n) is 8.80. The third-order valence-electron chi connectivity index (χ3n) is 4.46. The van der Waals surface area contributed by atoms with E-state index in [1.807, 2.05) is 48.7 Å². The second-order valence-electron chi connectivity index (χ2n) is 6.41. The van der Waals surface area contributed by atoms with Gasteiger partial charge >= 0.3 is 4.87 Å². The number of thioether (sulfide) groups is 1. The molecule has 29 heavy (non-hydrogen) atoms. The van der Waals surface area contributed by atoms with Crippen molar-refractivity contribution in [2.75, 3.05) is 11.0 Å². The van der Waals surface area contributed by atoms with E-state index in [9.17, 15) is 13.2 Å². The Kier molecular flexibility index (Phi) is 5.49. The second kappa shape index (κ2) is 8.06. The van der Waals surface area contributed by atoms with Crippen molar-refractivity contribution in [3.05, 3.63) is 88.0 Å². The van der Waals surface area contributed by atoms with E-state index in [2.05, 4.69) is 4.72 Å². The fraction of sp³-hybridized carbons (Fsp3) is 0.0952. The van der Waals surface area contributed by atoms with Crippen molar-refractivity contribution >= 4 is 49.0 Å². The molecule has 5 nitrogen and oxygen atoms in total. The molecule has 8 heteroatoms. The normalized spacial score (nSPS) is 11.6. The lowest BCUT2D eigenvalue weighted by Gasteiger charge is -2.09. The highest BCUT2D eigenvalue weighted by atomic mass is 32.2. The summed E-state index contributed by atoms with van der Waals surface area (Å²) in [4.78, 5) is 13.5. The standard InChI is InChI=1S/C21H18N2O3S3/c1-27-17-9-5-8-16(12-17)22-29(25,26)18-10-11-19-20(13-18)28-21(24)23(19)14-15-6-3-2-4-7-15/h2-13,22H,14H2,1H3. The number of thiazole rings is 1. The number of nitrogens with zero attached hydrogens (tertiary/aromatic N) is 1. The summed E-state index contributed by atoms with van der Waals surface area (Å²) in [6.07, 6.45) is 1.93. The summed E-state index contributed by atoms with van der Waals surface area (Å²) in [5.74, 6) is 0. The van der Waals surface area contributed by atoms with Gasteiger partial charge in [-0.3, -0.25) is 14.1 Å². The Morgan fingerprint density at radius 1 is 1.00 bits per heavy atom. The first kappa shape index (κ1) is 19.8. The molecule has 148 valence electrons. The number of nitrogens with one attached hydrogen (secondary N) is 1. The molecule has 1 aromatic heterocycles. The zero-order valence-corrected chi connectivity index (χ0v) is 18.0. The summed E-state index contributed by atoms with van der Waals surface area (Å²) in [5.41, 5.74) is 2.25. The Hall–Kier alpha value is -2.55. The van der Waals surface area contributed by atoms with E-state index in [1.54, 1.807) is 40.6 Å². The van der Waals surface area contributed by atoms with Crippen molar-refractivity contribution in [3.8, 4) is 0 Å². The van der Waals surface area contributed by atoms with Gasteiger partial charge in [-0.25, -0.2) is 8.42 Å². The smallest absolute Gasteiger partial charge is 0.294 e. The summed E-state index contributed by atoms with van der Waals surface area (Å²) in [5, 5.41) is 0. The molecule has 4 aromatic rings. The number of sulfonamides is 1. The Morgan fingerprint density at radius 2 is 1.79 bits per heavy atom. The van der Waals surface area contributed by atoms with Gasteiger partial charge in [0.05, 0.1) is 21.7 Å². The summed E-state index contributed by atoms with van der Waals surface area (Å²) in [6.45, 7) is 0.450. The predicted molar refractivity (Wildman–Crippen MR) is 121 cm³/mol. The highest BCUT2D eigenvalue weighted by Crippen LogP contribution is 2.25. The second-order valence-corrected chi connectivity index (χ2v) is 9.96. The maximum absolute atomic E-state index is 12.8. The van der Waals surface area contributed by atoms with E-state index in [4.69, 9.17) is 0 Å². The van der Waals surface area contributed by atoms with Crippen LogP contribution in [0.25, 0.3) is 10.2 Å². The molecule has 1 N–H and O–H groups in total. The van der Waals surface area contributed by atoms with Gasteiger partial charge in [0.15, 0.2) is 0 Å². The topological polar surface area (TPSA) is 68.2 Å². The minimum absolute atomic E-state index is 0.112. The number of benzene rings is 3. The van der Waals surface area contributed by atoms with Crippen molar-refractivity contribution in [2.45, 2.75) is 16.3 Å². The molecule has 0 aliphatic heterocycles. The van der Waals surface area contributed by atoms with Crippen molar-refractivity contribution in [1.29, 1.82) is 0 Å². The first-order valence-corrected chi connectivity index (χ1v) is 12.3. The van der Waals surface area contributed by atoms with Crippen molar-refractivity contribution < 1.29 is 8.42 Å². The summed E-state index contributed by atoms with van der Waals surface area (Å²) in [7, 11) is -3.76. The molecule has 0 bridgehead atoms. The molecular formula is C21H18N2O3S3. The van der Waals surface area contributed by atoms with Gasteiger partial charge in [-0.1, -0.05) is 47.7 Å². The zero-order valence-electron chi connectivity index (χ0n) is 15.5. The molecule has 0 saturated carbocycles. The van der Waals surface area contributed by atoms with Crippen LogP contribution in [0.1, 0.15) is 5.56 Å². The molecule has 3 aromatic carbocycles. The van der Waals surface area contributed by atoms with Crippen LogP contribution in [-0.2, 0) is 16.6 Å². The minimum atomic E-state index is -3.76. The molecule has 4 rings (SSSR count). The lowest BCUT2D eigenvalue weighted by atomic mass is 10.2. The SMILES string of the molecule is CSc1cccc(NS(=O)(=O)c2ccc3c(c2)sc(=O)n3Cc2ccccc2)c1. The number of hydrogen-bond acceptors (Lipinski definition) is 5. The van der Waals surface area contributed by atoms with Gasteiger partial charge in [0.25, 0.3) is 10.0 Å². The molecule has 0 radical (unpaired) electrons. The minimum Gasteiger partial charge on any atom is -0.294 e. The van der Waals surface area contributed by atoms with Crippen molar-refractivity contribution in [3.63, 3.8) is 0 Å². The van der Waals surface area contributed by atoms with Crippen LogP contribution in [0, 0.1) is 0 Å². The molecule has 0 aliphatic rings. The largest absolute Gasteiger partial charge is 0.308 e. The molecule has 0 saturated heterocycles. The first-order chi connectivity index (χ1) is 14.0. The van der Waals surface area contributed by atoms with Crippen LogP contribution in [0.5, 0.6) is 0 Å². The number of aromatic nitrogens is 1. The average Bonchev–Trinajstić information content (AvgIpc) is 3.03. The quantitative estimate of drug-likeness (QED) is 0.442. The van der Waals surface area contributed by atoms with Gasteiger partial charge < -0.3 is 0 Å². The lowest BCUT2D eigenvalue weighted by Crippen LogP contribution is -2.14. The van der Waals surface area contributed by atoms with Gasteiger partial charge in [0.2, 0.25) is 0 Å². The fourth-order valence-electron chi connectivity index (χ4n) is 3.03. The van der Waals surface area contributed by atoms with Gasteiger partial charge in [-0.05, 0) is 48.2 Å². The number of rotatable bonds is 6. The Labute approximate surface area is 177 Å². The predicted octanol–water partition coefficient (Wildman–Crippen LogP) is 4.63. The zero-order chi connectivity index (χ0) is 20.4. The van der Waals surface area contributed by atoms with Crippen LogP contribution in [0.15, 0.2) is 87.4 Å². The summed E-state index contributed by atoms with van der Waals surface area (Å²) in [6, 6.07) is 21.7. The van der Waals surface area contributed by atoms with Gasteiger partial charge in [-0.2, -0.15) is 0 Å². The molecule has 0 atom stereocenters. The van der Waals surface area contributed by atoms with Crippen LogP contribution >= 0.6 is 23.1 Å². The number of fused-ring (bicyclic) bond motifs is 1. The van der Waals surface area contributed by atoms with E-state index in [0.717, 1.165) is 27.3 Å².